The van der Waals surface area contributed by atoms with Crippen LogP contribution in [-0.2, 0) is 11.8 Å². The molecule has 2 unspecified atom stereocenters. The third-order valence-corrected chi connectivity index (χ3v) is 4.12. The van der Waals surface area contributed by atoms with E-state index in [2.05, 4.69) is 20.8 Å². The summed E-state index contributed by atoms with van der Waals surface area (Å²) < 4.78 is 3.48. The highest BCUT2D eigenvalue weighted by atomic mass is 35.5. The molecule has 0 radical (unpaired) electrons. The summed E-state index contributed by atoms with van der Waals surface area (Å²) in [6, 6.07) is 9.16. The van der Waals surface area contributed by atoms with E-state index in [-0.39, 0.29) is 24.4 Å². The largest absolute Gasteiger partial charge is 0.348 e. The molecule has 0 aliphatic heterocycles. The van der Waals surface area contributed by atoms with E-state index in [4.69, 9.17) is 0 Å². The zero-order valence-electron chi connectivity index (χ0n) is 15.0. The summed E-state index contributed by atoms with van der Waals surface area (Å²) in [5.74, 6) is -0.0988. The number of carbonyl (C=O) groups excluding carboxylic acids is 1. The molecule has 0 saturated carbocycles. The van der Waals surface area contributed by atoms with Gasteiger partial charge in [0.2, 0.25) is 5.91 Å². The van der Waals surface area contributed by atoms with Crippen LogP contribution in [0.4, 0.5) is 0 Å². The molecule has 2 N–H and O–H groups in total. The smallest absolute Gasteiger partial charge is 0.242 e. The van der Waals surface area contributed by atoms with Crippen LogP contribution in [0.2, 0.25) is 0 Å². The lowest BCUT2D eigenvalue weighted by Crippen LogP contribution is -2.37. The van der Waals surface area contributed by atoms with Crippen molar-refractivity contribution in [3.05, 3.63) is 66.2 Å². The Morgan fingerprint density at radius 1 is 1.19 bits per heavy atom. The second-order valence-electron chi connectivity index (χ2n) is 5.91. The van der Waals surface area contributed by atoms with Crippen LogP contribution >= 0.6 is 12.4 Å². The molecule has 8 heteroatoms. The minimum Gasteiger partial charge on any atom is -0.348 e. The monoisotopic (exact) mass is 374 g/mol. The highest BCUT2D eigenvalue weighted by Gasteiger charge is 2.23. The summed E-state index contributed by atoms with van der Waals surface area (Å²) >= 11 is 0. The maximum absolute atomic E-state index is 12.7. The summed E-state index contributed by atoms with van der Waals surface area (Å²) in [6.07, 6.45) is 7.16. The average Bonchev–Trinajstić information content (AvgIpc) is 3.27. The normalized spacial score (nSPS) is 12.9. The number of carbonyl (C=O) groups is 1. The lowest BCUT2D eigenvalue weighted by molar-refractivity contribution is -0.123. The lowest BCUT2D eigenvalue weighted by atomic mass is 10.0. The van der Waals surface area contributed by atoms with E-state index in [1.807, 2.05) is 56.7 Å². The Hall–Kier alpha value is -2.64. The summed E-state index contributed by atoms with van der Waals surface area (Å²) in [4.78, 5) is 12.7. The van der Waals surface area contributed by atoms with Gasteiger partial charge in [0.05, 0.1) is 17.9 Å². The first-order valence-electron chi connectivity index (χ1n) is 8.15. The number of nitrogens with one attached hydrogen (secondary N) is 2. The molecule has 1 amide bonds. The molecular weight excluding hydrogens is 352 g/mol. The van der Waals surface area contributed by atoms with E-state index in [0.29, 0.717) is 0 Å². The predicted octanol–water partition coefficient (Wildman–Crippen LogP) is 2.17. The number of nitrogens with zero attached hydrogens (tertiary/aromatic N) is 4. The zero-order chi connectivity index (χ0) is 17.8. The fraction of sp³-hybridized carbons (Fsp3) is 0.278. The molecule has 0 aliphatic rings. The van der Waals surface area contributed by atoms with Crippen molar-refractivity contribution in [2.75, 3.05) is 7.05 Å². The first-order chi connectivity index (χ1) is 12.1. The van der Waals surface area contributed by atoms with Crippen molar-refractivity contribution >= 4 is 18.3 Å². The van der Waals surface area contributed by atoms with Crippen LogP contribution in [0.5, 0.6) is 0 Å². The minimum atomic E-state index is -0.451. The molecule has 1 aromatic carbocycles. The maximum atomic E-state index is 12.7. The van der Waals surface area contributed by atoms with E-state index in [1.165, 1.54) is 0 Å². The van der Waals surface area contributed by atoms with Crippen LogP contribution in [0.1, 0.15) is 30.1 Å². The predicted molar refractivity (Wildman–Crippen MR) is 102 cm³/mol. The highest BCUT2D eigenvalue weighted by molar-refractivity contribution is 5.85. The summed E-state index contributed by atoms with van der Waals surface area (Å²) in [5, 5.41) is 14.6. The molecule has 0 saturated heterocycles. The van der Waals surface area contributed by atoms with E-state index >= 15 is 0 Å². The molecular formula is C18H23ClN6O. The van der Waals surface area contributed by atoms with Gasteiger partial charge < -0.3 is 10.6 Å². The van der Waals surface area contributed by atoms with Gasteiger partial charge in [-0.3, -0.25) is 9.48 Å². The number of hydrogen-bond acceptors (Lipinski definition) is 4. The first-order valence-corrected chi connectivity index (χ1v) is 8.15. The number of benzene rings is 1. The molecule has 2 aromatic heterocycles. The van der Waals surface area contributed by atoms with Gasteiger partial charge in [0.1, 0.15) is 6.04 Å². The Kier molecular flexibility index (Phi) is 6.54. The maximum Gasteiger partial charge on any atom is 0.242 e. The van der Waals surface area contributed by atoms with Crippen molar-refractivity contribution in [1.82, 2.24) is 30.2 Å². The second kappa shape index (κ2) is 8.64. The fourth-order valence-electron chi connectivity index (χ4n) is 2.89. The van der Waals surface area contributed by atoms with Crippen molar-refractivity contribution in [2.24, 2.45) is 7.05 Å². The third kappa shape index (κ3) is 4.12. The Morgan fingerprint density at radius 3 is 2.58 bits per heavy atom. The topological polar surface area (TPSA) is 76.8 Å². The van der Waals surface area contributed by atoms with E-state index < -0.39 is 6.04 Å². The highest BCUT2D eigenvalue weighted by Crippen LogP contribution is 2.22. The summed E-state index contributed by atoms with van der Waals surface area (Å²) in [7, 11) is 3.59. The van der Waals surface area contributed by atoms with Gasteiger partial charge in [-0.1, -0.05) is 18.2 Å². The quantitative estimate of drug-likeness (QED) is 0.693. The molecule has 2 heterocycles. The zero-order valence-corrected chi connectivity index (χ0v) is 15.8. The van der Waals surface area contributed by atoms with Crippen molar-refractivity contribution in [1.29, 1.82) is 0 Å². The van der Waals surface area contributed by atoms with Gasteiger partial charge in [-0.2, -0.15) is 10.2 Å². The van der Waals surface area contributed by atoms with E-state index in [0.717, 1.165) is 16.8 Å². The van der Waals surface area contributed by atoms with Crippen LogP contribution in [0, 0.1) is 0 Å². The number of aromatic nitrogens is 4. The standard InChI is InChI=1S/C18H22N6O.ClH/c1-13(15-7-4-5-8-16(15)24-10-6-9-20-24)22-18(25)17(19-2)14-11-21-23(3)12-14;/h4-13,17,19H,1-3H3,(H,22,25);1H. The number of aryl methyl sites for hydroxylation is 1. The van der Waals surface area contributed by atoms with Crippen molar-refractivity contribution in [3.63, 3.8) is 0 Å². The van der Waals surface area contributed by atoms with Gasteiger partial charge in [-0.05, 0) is 31.7 Å². The second-order valence-corrected chi connectivity index (χ2v) is 5.91. The van der Waals surface area contributed by atoms with Gasteiger partial charge in [-0.25, -0.2) is 4.68 Å². The minimum absolute atomic E-state index is 0. The van der Waals surface area contributed by atoms with Crippen LogP contribution in [0.15, 0.2) is 55.1 Å². The van der Waals surface area contributed by atoms with Crippen LogP contribution in [-0.4, -0.2) is 32.5 Å². The first kappa shape index (κ1) is 19.7. The fourth-order valence-corrected chi connectivity index (χ4v) is 2.89. The van der Waals surface area contributed by atoms with Crippen molar-refractivity contribution in [3.8, 4) is 5.69 Å². The SMILES string of the molecule is CNC(C(=O)NC(C)c1ccccc1-n1cccn1)c1cnn(C)c1.Cl. The summed E-state index contributed by atoms with van der Waals surface area (Å²) in [5.41, 5.74) is 2.78. The molecule has 2 atom stereocenters. The molecule has 7 nitrogen and oxygen atoms in total. The van der Waals surface area contributed by atoms with Gasteiger partial charge in [0.25, 0.3) is 0 Å². The molecule has 26 heavy (non-hydrogen) atoms. The number of likely N-dealkylation sites (N-methyl/N-ethyl adjacent to an activating group) is 1. The number of rotatable bonds is 6. The molecule has 3 aromatic rings. The number of hydrogen-bond donors (Lipinski definition) is 2. The molecule has 0 spiro atoms. The molecule has 3 rings (SSSR count). The Morgan fingerprint density at radius 2 is 1.96 bits per heavy atom. The van der Waals surface area contributed by atoms with E-state index in [9.17, 15) is 4.79 Å². The van der Waals surface area contributed by atoms with Crippen LogP contribution < -0.4 is 10.6 Å². The third-order valence-electron chi connectivity index (χ3n) is 4.12. The Bertz CT molecular complexity index is 845. The molecule has 0 fully saturated rings. The number of para-hydroxylation sites is 1. The van der Waals surface area contributed by atoms with E-state index in [1.54, 1.807) is 28.8 Å². The van der Waals surface area contributed by atoms with Gasteiger partial charge in [0.15, 0.2) is 0 Å². The van der Waals surface area contributed by atoms with Gasteiger partial charge in [0, 0.05) is 31.2 Å². The van der Waals surface area contributed by atoms with Crippen LogP contribution in [0.3, 0.4) is 0 Å². The average molecular weight is 375 g/mol. The number of halogens is 1. The summed E-state index contributed by atoms with van der Waals surface area (Å²) in [6.45, 7) is 1.97. The lowest BCUT2D eigenvalue weighted by Gasteiger charge is -2.21. The van der Waals surface area contributed by atoms with Gasteiger partial charge in [-0.15, -0.1) is 12.4 Å². The van der Waals surface area contributed by atoms with Gasteiger partial charge >= 0.3 is 0 Å². The Balaban J connectivity index is 0.00000243. The van der Waals surface area contributed by atoms with Crippen molar-refractivity contribution < 1.29 is 4.79 Å². The molecule has 138 valence electrons. The Labute approximate surface area is 158 Å². The van der Waals surface area contributed by atoms with Crippen LogP contribution in [0.25, 0.3) is 5.69 Å². The molecule has 0 bridgehead atoms. The van der Waals surface area contributed by atoms with Crippen molar-refractivity contribution in [2.45, 2.75) is 19.0 Å². The molecule has 0 aliphatic carbocycles. The number of amides is 1.